The number of pyridine rings is 1. The quantitative estimate of drug-likeness (QED) is 0.776. The monoisotopic (exact) mass is 270 g/mol. The van der Waals surface area contributed by atoms with Crippen molar-refractivity contribution < 1.29 is 14.7 Å². The van der Waals surface area contributed by atoms with Gasteiger partial charge in [-0.05, 0) is 18.6 Å². The lowest BCUT2D eigenvalue weighted by molar-refractivity contribution is -0.137. The molecule has 1 amide bonds. The molecule has 0 fully saturated rings. The van der Waals surface area contributed by atoms with E-state index in [9.17, 15) is 9.59 Å². The van der Waals surface area contributed by atoms with E-state index in [0.29, 0.717) is 6.42 Å². The van der Waals surface area contributed by atoms with Crippen LogP contribution in [0.25, 0.3) is 0 Å². The van der Waals surface area contributed by atoms with Crippen LogP contribution in [0.4, 0.5) is 0 Å². The van der Waals surface area contributed by atoms with E-state index in [1.807, 2.05) is 6.92 Å². The number of carbonyl (C=O) groups excluding carboxylic acids is 1. The highest BCUT2D eigenvalue weighted by Crippen LogP contribution is 2.07. The fourth-order valence-electron chi connectivity index (χ4n) is 1.58. The molecule has 0 saturated carbocycles. The lowest BCUT2D eigenvalue weighted by Crippen LogP contribution is -2.36. The van der Waals surface area contributed by atoms with Crippen molar-refractivity contribution in [3.05, 3.63) is 29.0 Å². The highest BCUT2D eigenvalue weighted by molar-refractivity contribution is 6.29. The van der Waals surface area contributed by atoms with Crippen LogP contribution in [0.15, 0.2) is 18.2 Å². The van der Waals surface area contributed by atoms with Gasteiger partial charge in [0.05, 0.1) is 6.42 Å². The molecule has 0 spiro atoms. The molecule has 6 heteroatoms. The molecule has 1 aromatic rings. The number of aliphatic carboxylic acids is 1. The van der Waals surface area contributed by atoms with Gasteiger partial charge in [0, 0.05) is 6.04 Å². The minimum absolute atomic E-state index is 0.0971. The zero-order chi connectivity index (χ0) is 13.5. The second-order valence-corrected chi connectivity index (χ2v) is 4.29. The van der Waals surface area contributed by atoms with E-state index in [-0.39, 0.29) is 23.3 Å². The largest absolute Gasteiger partial charge is 0.481 e. The summed E-state index contributed by atoms with van der Waals surface area (Å²) in [6.07, 6.45) is 1.31. The maximum absolute atomic E-state index is 11.8. The number of rotatable bonds is 6. The summed E-state index contributed by atoms with van der Waals surface area (Å²) in [5.74, 6) is -1.34. The zero-order valence-corrected chi connectivity index (χ0v) is 10.8. The lowest BCUT2D eigenvalue weighted by atomic mass is 10.1. The van der Waals surface area contributed by atoms with Gasteiger partial charge in [-0.3, -0.25) is 9.59 Å². The van der Waals surface area contributed by atoms with Crippen LogP contribution < -0.4 is 5.32 Å². The Kier molecular flexibility index (Phi) is 5.58. The van der Waals surface area contributed by atoms with Gasteiger partial charge < -0.3 is 10.4 Å². The molecule has 0 aliphatic heterocycles. The first kappa shape index (κ1) is 14.4. The number of carbonyl (C=O) groups is 2. The normalized spacial score (nSPS) is 11.9. The Morgan fingerprint density at radius 2 is 2.22 bits per heavy atom. The SMILES string of the molecule is CCCC(CC(=O)O)NC(=O)c1cccc(Cl)n1. The van der Waals surface area contributed by atoms with E-state index in [1.54, 1.807) is 12.1 Å². The Balaban J connectivity index is 2.68. The fraction of sp³-hybridized carbons (Fsp3) is 0.417. The molecule has 0 aliphatic rings. The van der Waals surface area contributed by atoms with Crippen LogP contribution in [0.5, 0.6) is 0 Å². The smallest absolute Gasteiger partial charge is 0.305 e. The second kappa shape index (κ2) is 6.96. The van der Waals surface area contributed by atoms with Crippen LogP contribution in [0, 0.1) is 0 Å². The summed E-state index contributed by atoms with van der Waals surface area (Å²) in [7, 11) is 0. The fourth-order valence-corrected chi connectivity index (χ4v) is 1.74. The van der Waals surface area contributed by atoms with Gasteiger partial charge >= 0.3 is 5.97 Å². The van der Waals surface area contributed by atoms with Gasteiger partial charge in [0.15, 0.2) is 0 Å². The van der Waals surface area contributed by atoms with E-state index >= 15 is 0 Å². The van der Waals surface area contributed by atoms with Gasteiger partial charge in [0.2, 0.25) is 0 Å². The predicted molar refractivity (Wildman–Crippen MR) is 67.7 cm³/mol. The number of hydrogen-bond donors (Lipinski definition) is 2. The first-order chi connectivity index (χ1) is 8.52. The minimum Gasteiger partial charge on any atom is -0.481 e. The first-order valence-corrected chi connectivity index (χ1v) is 6.06. The number of hydrogen-bond acceptors (Lipinski definition) is 3. The average Bonchev–Trinajstić information content (AvgIpc) is 2.28. The van der Waals surface area contributed by atoms with Crippen LogP contribution in [-0.2, 0) is 4.79 Å². The van der Waals surface area contributed by atoms with Crippen molar-refractivity contribution in [1.29, 1.82) is 0 Å². The molecular formula is C12H15ClN2O3. The molecule has 98 valence electrons. The number of aromatic nitrogens is 1. The van der Waals surface area contributed by atoms with Gasteiger partial charge in [-0.25, -0.2) is 4.98 Å². The Morgan fingerprint density at radius 3 is 2.78 bits per heavy atom. The third-order valence-electron chi connectivity index (χ3n) is 2.34. The highest BCUT2D eigenvalue weighted by atomic mass is 35.5. The summed E-state index contributed by atoms with van der Waals surface area (Å²) in [5, 5.41) is 11.6. The molecule has 1 rings (SSSR count). The summed E-state index contributed by atoms with van der Waals surface area (Å²) >= 11 is 5.69. The Hall–Kier alpha value is -1.62. The van der Waals surface area contributed by atoms with Crippen molar-refractivity contribution in [3.63, 3.8) is 0 Å². The average molecular weight is 271 g/mol. The van der Waals surface area contributed by atoms with Crippen molar-refractivity contribution in [3.8, 4) is 0 Å². The second-order valence-electron chi connectivity index (χ2n) is 3.90. The summed E-state index contributed by atoms with van der Waals surface area (Å²) < 4.78 is 0. The molecule has 0 aliphatic carbocycles. The number of nitrogens with zero attached hydrogens (tertiary/aromatic N) is 1. The Morgan fingerprint density at radius 1 is 1.50 bits per heavy atom. The molecule has 18 heavy (non-hydrogen) atoms. The summed E-state index contributed by atoms with van der Waals surface area (Å²) in [6.45, 7) is 1.93. The molecule has 0 saturated heterocycles. The van der Waals surface area contributed by atoms with Crippen LogP contribution >= 0.6 is 11.6 Å². The number of carboxylic acids is 1. The van der Waals surface area contributed by atoms with Gasteiger partial charge in [0.25, 0.3) is 5.91 Å². The topological polar surface area (TPSA) is 79.3 Å². The standard InChI is InChI=1S/C12H15ClN2O3/c1-2-4-8(7-11(16)17)14-12(18)9-5-3-6-10(13)15-9/h3,5-6,8H,2,4,7H2,1H3,(H,14,18)(H,16,17). The summed E-state index contributed by atoms with van der Waals surface area (Å²) in [4.78, 5) is 26.4. The van der Waals surface area contributed by atoms with Gasteiger partial charge in [-0.2, -0.15) is 0 Å². The number of nitrogens with one attached hydrogen (secondary N) is 1. The predicted octanol–water partition coefficient (Wildman–Crippen LogP) is 2.11. The van der Waals surface area contributed by atoms with Crippen LogP contribution in [0.2, 0.25) is 5.15 Å². The first-order valence-electron chi connectivity index (χ1n) is 5.68. The van der Waals surface area contributed by atoms with Gasteiger partial charge in [0.1, 0.15) is 10.8 Å². The van der Waals surface area contributed by atoms with Crippen molar-refractivity contribution >= 4 is 23.5 Å². The maximum atomic E-state index is 11.8. The van der Waals surface area contributed by atoms with E-state index in [1.165, 1.54) is 6.07 Å². The van der Waals surface area contributed by atoms with Crippen molar-refractivity contribution in [2.24, 2.45) is 0 Å². The minimum atomic E-state index is -0.937. The molecule has 0 aromatic carbocycles. The zero-order valence-electron chi connectivity index (χ0n) is 10.0. The Labute approximate surface area is 110 Å². The van der Waals surface area contributed by atoms with E-state index in [2.05, 4.69) is 10.3 Å². The number of amides is 1. The van der Waals surface area contributed by atoms with Gasteiger partial charge in [-0.1, -0.05) is 31.0 Å². The molecule has 1 heterocycles. The lowest BCUT2D eigenvalue weighted by Gasteiger charge is -2.15. The molecule has 1 atom stereocenters. The summed E-state index contributed by atoms with van der Waals surface area (Å²) in [6, 6.07) is 4.33. The third kappa shape index (κ3) is 4.71. The van der Waals surface area contributed by atoms with Crippen LogP contribution in [0.1, 0.15) is 36.7 Å². The maximum Gasteiger partial charge on any atom is 0.305 e. The summed E-state index contributed by atoms with van der Waals surface area (Å²) in [5.41, 5.74) is 0.189. The van der Waals surface area contributed by atoms with Gasteiger partial charge in [-0.15, -0.1) is 0 Å². The van der Waals surface area contributed by atoms with Crippen molar-refractivity contribution in [2.45, 2.75) is 32.2 Å². The number of halogens is 1. The number of carboxylic acid groups (broad SMARTS) is 1. The molecule has 1 unspecified atom stereocenters. The van der Waals surface area contributed by atoms with Crippen LogP contribution in [0.3, 0.4) is 0 Å². The molecule has 0 radical (unpaired) electrons. The van der Waals surface area contributed by atoms with E-state index in [0.717, 1.165) is 6.42 Å². The molecule has 2 N–H and O–H groups in total. The van der Waals surface area contributed by atoms with Crippen molar-refractivity contribution in [2.75, 3.05) is 0 Å². The molecule has 1 aromatic heterocycles. The molecular weight excluding hydrogens is 256 g/mol. The van der Waals surface area contributed by atoms with Crippen LogP contribution in [-0.4, -0.2) is 28.0 Å². The molecule has 5 nitrogen and oxygen atoms in total. The van der Waals surface area contributed by atoms with E-state index in [4.69, 9.17) is 16.7 Å². The third-order valence-corrected chi connectivity index (χ3v) is 2.55. The highest BCUT2D eigenvalue weighted by Gasteiger charge is 2.16. The molecule has 0 bridgehead atoms. The van der Waals surface area contributed by atoms with E-state index < -0.39 is 11.9 Å². The Bertz CT molecular complexity index is 437. The van der Waals surface area contributed by atoms with Crippen molar-refractivity contribution in [1.82, 2.24) is 10.3 Å².